The van der Waals surface area contributed by atoms with Gasteiger partial charge in [0.2, 0.25) is 18.2 Å². The first-order chi connectivity index (χ1) is 8.00. The van der Waals surface area contributed by atoms with E-state index < -0.39 is 8.03 Å². The molecule has 0 aliphatic heterocycles. The van der Waals surface area contributed by atoms with Gasteiger partial charge in [-0.05, 0) is 15.9 Å². The summed E-state index contributed by atoms with van der Waals surface area (Å²) >= 11 is 3.14. The number of ether oxygens (including phenoxy) is 2. The minimum absolute atomic E-state index is 0.00995. The number of anilines is 2. The van der Waals surface area contributed by atoms with Crippen LogP contribution >= 0.6 is 24.0 Å². The summed E-state index contributed by atoms with van der Waals surface area (Å²) in [6.07, 6.45) is -0.339. The maximum Gasteiger partial charge on any atom is 0.337 e. The molecule has 10 heteroatoms. The van der Waals surface area contributed by atoms with Gasteiger partial charge in [0.25, 0.3) is 0 Å². The first kappa shape index (κ1) is 14.0. The molecule has 1 rings (SSSR count). The molecule has 0 radical (unpaired) electrons. The molecular formula is C7H10BrN4O4P. The van der Waals surface area contributed by atoms with Gasteiger partial charge in [0, 0.05) is 0 Å². The van der Waals surface area contributed by atoms with Gasteiger partial charge < -0.3 is 25.8 Å². The molecule has 0 aromatic carbocycles. The predicted molar refractivity (Wildman–Crippen MR) is 62.5 cm³/mol. The van der Waals surface area contributed by atoms with Crippen LogP contribution in [-0.4, -0.2) is 29.5 Å². The lowest BCUT2D eigenvalue weighted by Gasteiger charge is -2.08. The highest BCUT2D eigenvalue weighted by Crippen LogP contribution is 2.27. The van der Waals surface area contributed by atoms with Crippen LogP contribution in [0.25, 0.3) is 0 Å². The average molecular weight is 325 g/mol. The smallest absolute Gasteiger partial charge is 0.337 e. The topological polar surface area (TPSA) is 136 Å². The molecule has 17 heavy (non-hydrogen) atoms. The molecule has 94 valence electrons. The molecule has 0 bridgehead atoms. The van der Waals surface area contributed by atoms with Crippen LogP contribution in [0.3, 0.4) is 0 Å². The highest BCUT2D eigenvalue weighted by Gasteiger charge is 2.10. The van der Waals surface area contributed by atoms with Gasteiger partial charge in [-0.3, -0.25) is 0 Å². The number of hydrogen-bond donors (Lipinski definition) is 2. The third-order valence-corrected chi connectivity index (χ3v) is 2.67. The van der Waals surface area contributed by atoms with Gasteiger partial charge in [0.1, 0.15) is 16.9 Å². The van der Waals surface area contributed by atoms with E-state index in [0.717, 1.165) is 0 Å². The average Bonchev–Trinajstić information content (AvgIpc) is 2.23. The van der Waals surface area contributed by atoms with Crippen molar-refractivity contribution in [3.05, 3.63) is 4.47 Å². The van der Waals surface area contributed by atoms with Crippen LogP contribution in [0, 0.1) is 0 Å². The Morgan fingerprint density at radius 1 is 1.35 bits per heavy atom. The van der Waals surface area contributed by atoms with Crippen molar-refractivity contribution >= 4 is 35.7 Å². The molecule has 0 saturated heterocycles. The van der Waals surface area contributed by atoms with E-state index in [9.17, 15) is 9.46 Å². The number of halogens is 1. The van der Waals surface area contributed by atoms with Crippen LogP contribution in [0.5, 0.6) is 5.88 Å². The Labute approximate surface area is 106 Å². The largest absolute Gasteiger partial charge is 0.594 e. The number of nitrogen functional groups attached to an aromatic ring is 2. The Morgan fingerprint density at radius 2 is 2.06 bits per heavy atom. The first-order valence-electron chi connectivity index (χ1n) is 4.41. The second-order valence-corrected chi connectivity index (χ2v) is 4.52. The highest BCUT2D eigenvalue weighted by atomic mass is 79.9. The molecule has 0 spiro atoms. The van der Waals surface area contributed by atoms with Gasteiger partial charge in [-0.2, -0.15) is 9.97 Å². The Kier molecular flexibility index (Phi) is 5.49. The molecular weight excluding hydrogens is 315 g/mol. The van der Waals surface area contributed by atoms with Gasteiger partial charge in [-0.15, -0.1) is 0 Å². The molecule has 1 aromatic rings. The molecule has 1 unspecified atom stereocenters. The summed E-state index contributed by atoms with van der Waals surface area (Å²) in [5.74, 6) is 0.338. The molecule has 0 amide bonds. The summed E-state index contributed by atoms with van der Waals surface area (Å²) < 4.78 is 20.6. The molecule has 0 aliphatic carbocycles. The van der Waals surface area contributed by atoms with Gasteiger partial charge in [-0.1, -0.05) is 4.57 Å². The van der Waals surface area contributed by atoms with Crippen molar-refractivity contribution in [3.63, 3.8) is 0 Å². The Balaban J connectivity index is 2.44. The minimum Gasteiger partial charge on any atom is -0.594 e. The predicted octanol–water partition coefficient (Wildman–Crippen LogP) is -0.141. The van der Waals surface area contributed by atoms with Crippen molar-refractivity contribution in [2.45, 2.75) is 0 Å². The Bertz CT molecular complexity index is 419. The SMILES string of the molecule is Nc1nc(N)c(Br)c(OCCOC[P+](=O)[O-])n1. The summed E-state index contributed by atoms with van der Waals surface area (Å²) in [5, 5.41) is 0. The summed E-state index contributed by atoms with van der Waals surface area (Å²) in [7, 11) is -2.54. The number of hydrogen-bond acceptors (Lipinski definition) is 8. The lowest BCUT2D eigenvalue weighted by molar-refractivity contribution is -0.168. The summed E-state index contributed by atoms with van der Waals surface area (Å²) in [6, 6.07) is 0. The quantitative estimate of drug-likeness (QED) is 0.545. The van der Waals surface area contributed by atoms with Gasteiger partial charge in [-0.25, -0.2) is 0 Å². The van der Waals surface area contributed by atoms with Gasteiger partial charge in [0.05, 0.1) is 6.61 Å². The number of nitrogens with zero attached hydrogens (tertiary/aromatic N) is 2. The van der Waals surface area contributed by atoms with Gasteiger partial charge >= 0.3 is 8.03 Å². The fraction of sp³-hybridized carbons (Fsp3) is 0.429. The fourth-order valence-electron chi connectivity index (χ4n) is 0.892. The van der Waals surface area contributed by atoms with E-state index in [0.29, 0.717) is 4.47 Å². The third kappa shape index (κ3) is 4.78. The third-order valence-electron chi connectivity index (χ3n) is 1.53. The zero-order chi connectivity index (χ0) is 12.8. The fourth-order valence-corrected chi connectivity index (χ4v) is 1.46. The number of rotatable bonds is 6. The van der Waals surface area contributed by atoms with Crippen LogP contribution in [0.2, 0.25) is 0 Å². The van der Waals surface area contributed by atoms with Crippen molar-refractivity contribution in [2.24, 2.45) is 0 Å². The van der Waals surface area contributed by atoms with Crippen molar-refractivity contribution in [1.29, 1.82) is 0 Å². The van der Waals surface area contributed by atoms with Crippen molar-refractivity contribution < 1.29 is 18.9 Å². The van der Waals surface area contributed by atoms with Crippen LogP contribution in [-0.2, 0) is 9.30 Å². The van der Waals surface area contributed by atoms with E-state index in [1.54, 1.807) is 0 Å². The maximum atomic E-state index is 10.2. The zero-order valence-corrected chi connectivity index (χ0v) is 11.1. The van der Waals surface area contributed by atoms with Crippen LogP contribution in [0.15, 0.2) is 4.47 Å². The molecule has 8 nitrogen and oxygen atoms in total. The Hall–Kier alpha value is -1.02. The molecule has 0 saturated carbocycles. The lowest BCUT2D eigenvalue weighted by Crippen LogP contribution is -2.10. The van der Waals surface area contributed by atoms with Gasteiger partial charge in [0.15, 0.2) is 0 Å². The lowest BCUT2D eigenvalue weighted by atomic mass is 10.5. The van der Waals surface area contributed by atoms with Crippen molar-refractivity contribution in [2.75, 3.05) is 31.0 Å². The molecule has 1 aromatic heterocycles. The van der Waals surface area contributed by atoms with E-state index in [4.69, 9.17) is 20.9 Å². The number of nitrogens with two attached hydrogens (primary N) is 2. The van der Waals surface area contributed by atoms with E-state index in [1.165, 1.54) is 0 Å². The molecule has 0 aliphatic rings. The van der Waals surface area contributed by atoms with E-state index in [-0.39, 0.29) is 37.2 Å². The van der Waals surface area contributed by atoms with E-state index >= 15 is 0 Å². The molecule has 0 fully saturated rings. The van der Waals surface area contributed by atoms with Crippen molar-refractivity contribution in [3.8, 4) is 5.88 Å². The second-order valence-electron chi connectivity index (χ2n) is 2.80. The van der Waals surface area contributed by atoms with Crippen LogP contribution in [0.1, 0.15) is 0 Å². The monoisotopic (exact) mass is 324 g/mol. The number of aromatic nitrogens is 2. The molecule has 1 atom stereocenters. The van der Waals surface area contributed by atoms with E-state index in [2.05, 4.69) is 25.9 Å². The second kappa shape index (κ2) is 6.65. The molecule has 4 N–H and O–H groups in total. The summed E-state index contributed by atoms with van der Waals surface area (Å²) in [6.45, 7) is 0.233. The minimum atomic E-state index is -2.54. The van der Waals surface area contributed by atoms with Crippen LogP contribution in [0.4, 0.5) is 11.8 Å². The Morgan fingerprint density at radius 3 is 2.71 bits per heavy atom. The summed E-state index contributed by atoms with van der Waals surface area (Å²) in [5.41, 5.74) is 10.9. The zero-order valence-electron chi connectivity index (χ0n) is 8.63. The maximum absolute atomic E-state index is 10.2. The van der Waals surface area contributed by atoms with Crippen LogP contribution < -0.4 is 21.1 Å². The highest BCUT2D eigenvalue weighted by molar-refractivity contribution is 9.10. The van der Waals surface area contributed by atoms with Crippen molar-refractivity contribution in [1.82, 2.24) is 9.97 Å². The van der Waals surface area contributed by atoms with E-state index in [1.807, 2.05) is 0 Å². The molecule has 1 heterocycles. The normalized spacial score (nSPS) is 11.3. The standard InChI is InChI=1S/C7H10BrN4O4P/c8-4-5(9)11-7(10)12-6(4)16-2-1-15-3-17(13)14/h1-3H2,(H4,9,10,11,12). The first-order valence-corrected chi connectivity index (χ1v) is 6.57. The summed E-state index contributed by atoms with van der Waals surface area (Å²) in [4.78, 5) is 17.7.